The van der Waals surface area contributed by atoms with Gasteiger partial charge in [0.05, 0.1) is 0 Å². The highest BCUT2D eigenvalue weighted by Crippen LogP contribution is 2.48. The maximum absolute atomic E-state index is 5.19. The van der Waals surface area contributed by atoms with E-state index >= 15 is 0 Å². The molecule has 1 saturated carbocycles. The highest BCUT2D eigenvalue weighted by molar-refractivity contribution is 5.79. The third-order valence-corrected chi connectivity index (χ3v) is 4.24. The maximum Gasteiger partial charge on any atom is 0.0468 e. The third-order valence-electron chi connectivity index (χ3n) is 4.24. The van der Waals surface area contributed by atoms with Crippen molar-refractivity contribution in [2.24, 2.45) is 5.41 Å². The van der Waals surface area contributed by atoms with Gasteiger partial charge in [-0.1, -0.05) is 6.07 Å². The van der Waals surface area contributed by atoms with Crippen molar-refractivity contribution in [3.8, 4) is 0 Å². The molecule has 0 aliphatic heterocycles. The Kier molecular flexibility index (Phi) is 3.58. The lowest BCUT2D eigenvalue weighted by Crippen LogP contribution is -2.24. The molecule has 19 heavy (non-hydrogen) atoms. The van der Waals surface area contributed by atoms with Crippen molar-refractivity contribution in [1.29, 1.82) is 0 Å². The van der Waals surface area contributed by atoms with E-state index in [1.165, 1.54) is 35.7 Å². The van der Waals surface area contributed by atoms with Gasteiger partial charge in [-0.15, -0.1) is 0 Å². The van der Waals surface area contributed by atoms with Crippen LogP contribution in [0.5, 0.6) is 0 Å². The SMILES string of the molecule is COCCC1(CNCc2ccc3[nH]ccc3c2)CC1. The van der Waals surface area contributed by atoms with E-state index in [9.17, 15) is 0 Å². The molecule has 0 unspecified atom stereocenters. The molecule has 1 aromatic carbocycles. The van der Waals surface area contributed by atoms with Crippen LogP contribution in [-0.2, 0) is 11.3 Å². The van der Waals surface area contributed by atoms with Crippen LogP contribution in [0.4, 0.5) is 0 Å². The Hall–Kier alpha value is -1.32. The number of H-pyrrole nitrogens is 1. The second kappa shape index (κ2) is 5.35. The first-order valence-electron chi connectivity index (χ1n) is 7.07. The molecule has 2 aromatic rings. The predicted molar refractivity (Wildman–Crippen MR) is 78.2 cm³/mol. The zero-order valence-electron chi connectivity index (χ0n) is 11.5. The summed E-state index contributed by atoms with van der Waals surface area (Å²) in [6.45, 7) is 2.95. The van der Waals surface area contributed by atoms with Crippen LogP contribution in [0, 0.1) is 5.41 Å². The fraction of sp³-hybridized carbons (Fsp3) is 0.500. The average molecular weight is 258 g/mol. The Balaban J connectivity index is 1.52. The summed E-state index contributed by atoms with van der Waals surface area (Å²) in [4.78, 5) is 3.23. The molecule has 2 N–H and O–H groups in total. The minimum absolute atomic E-state index is 0.522. The van der Waals surface area contributed by atoms with E-state index in [0.717, 1.165) is 19.7 Å². The van der Waals surface area contributed by atoms with Crippen molar-refractivity contribution in [1.82, 2.24) is 10.3 Å². The van der Waals surface area contributed by atoms with Crippen LogP contribution >= 0.6 is 0 Å². The number of fused-ring (bicyclic) bond motifs is 1. The summed E-state index contributed by atoms with van der Waals surface area (Å²) in [6, 6.07) is 8.73. The topological polar surface area (TPSA) is 37.0 Å². The van der Waals surface area contributed by atoms with Crippen LogP contribution in [0.3, 0.4) is 0 Å². The lowest BCUT2D eigenvalue weighted by molar-refractivity contribution is 0.171. The fourth-order valence-corrected chi connectivity index (χ4v) is 2.70. The Morgan fingerprint density at radius 3 is 3.00 bits per heavy atom. The molecule has 0 spiro atoms. The molecule has 1 heterocycles. The fourth-order valence-electron chi connectivity index (χ4n) is 2.70. The second-order valence-corrected chi connectivity index (χ2v) is 5.75. The number of aromatic amines is 1. The molecule has 0 bridgehead atoms. The lowest BCUT2D eigenvalue weighted by Gasteiger charge is -2.15. The number of methoxy groups -OCH3 is 1. The van der Waals surface area contributed by atoms with Crippen LogP contribution < -0.4 is 5.32 Å². The number of benzene rings is 1. The van der Waals surface area contributed by atoms with Gasteiger partial charge >= 0.3 is 0 Å². The molecule has 3 rings (SSSR count). The molecular formula is C16H22N2O. The highest BCUT2D eigenvalue weighted by atomic mass is 16.5. The Labute approximate surface area is 114 Å². The standard InChI is InChI=1S/C16H22N2O/c1-19-9-7-16(5-6-16)12-17-11-13-2-3-15-14(10-13)4-8-18-15/h2-4,8,10,17-18H,5-7,9,11-12H2,1H3. The van der Waals surface area contributed by atoms with E-state index in [1.54, 1.807) is 7.11 Å². The summed E-state index contributed by atoms with van der Waals surface area (Å²) in [5, 5.41) is 4.90. The number of rotatable bonds is 7. The van der Waals surface area contributed by atoms with Crippen molar-refractivity contribution in [3.05, 3.63) is 36.0 Å². The second-order valence-electron chi connectivity index (χ2n) is 5.75. The molecule has 102 valence electrons. The number of hydrogen-bond acceptors (Lipinski definition) is 2. The molecule has 1 fully saturated rings. The molecule has 1 aliphatic rings. The zero-order chi connectivity index (χ0) is 13.1. The molecule has 1 aliphatic carbocycles. The van der Waals surface area contributed by atoms with Gasteiger partial charge in [0.15, 0.2) is 0 Å². The van der Waals surface area contributed by atoms with Gasteiger partial charge in [0.2, 0.25) is 0 Å². The van der Waals surface area contributed by atoms with E-state index in [4.69, 9.17) is 4.74 Å². The largest absolute Gasteiger partial charge is 0.385 e. The molecular weight excluding hydrogens is 236 g/mol. The normalized spacial score (nSPS) is 16.9. The number of aromatic nitrogens is 1. The summed E-state index contributed by atoms with van der Waals surface area (Å²) in [5.74, 6) is 0. The van der Waals surface area contributed by atoms with Crippen molar-refractivity contribution < 1.29 is 4.74 Å². The maximum atomic E-state index is 5.19. The van der Waals surface area contributed by atoms with Crippen molar-refractivity contribution in [2.45, 2.75) is 25.8 Å². The van der Waals surface area contributed by atoms with Gasteiger partial charge < -0.3 is 15.0 Å². The Morgan fingerprint density at radius 2 is 2.21 bits per heavy atom. The van der Waals surface area contributed by atoms with E-state index in [0.29, 0.717) is 5.41 Å². The first-order valence-corrected chi connectivity index (χ1v) is 7.07. The summed E-state index contributed by atoms with van der Waals surface area (Å²) < 4.78 is 5.19. The van der Waals surface area contributed by atoms with Gasteiger partial charge in [-0.3, -0.25) is 0 Å². The van der Waals surface area contributed by atoms with Gasteiger partial charge in [0.1, 0.15) is 0 Å². The zero-order valence-corrected chi connectivity index (χ0v) is 11.5. The van der Waals surface area contributed by atoms with Gasteiger partial charge in [0, 0.05) is 38.5 Å². The van der Waals surface area contributed by atoms with E-state index in [-0.39, 0.29) is 0 Å². The first kappa shape index (κ1) is 12.7. The minimum atomic E-state index is 0.522. The third kappa shape index (κ3) is 2.99. The summed E-state index contributed by atoms with van der Waals surface area (Å²) in [6.07, 6.45) is 5.87. The molecule has 0 amide bonds. The van der Waals surface area contributed by atoms with Crippen molar-refractivity contribution in [2.75, 3.05) is 20.3 Å². The van der Waals surface area contributed by atoms with E-state index in [2.05, 4.69) is 34.6 Å². The van der Waals surface area contributed by atoms with Crippen molar-refractivity contribution in [3.63, 3.8) is 0 Å². The van der Waals surface area contributed by atoms with Crippen LogP contribution in [0.2, 0.25) is 0 Å². The molecule has 3 heteroatoms. The molecule has 0 saturated heterocycles. The summed E-state index contributed by atoms with van der Waals surface area (Å²) >= 11 is 0. The van der Waals surface area contributed by atoms with E-state index < -0.39 is 0 Å². The minimum Gasteiger partial charge on any atom is -0.385 e. The van der Waals surface area contributed by atoms with Crippen LogP contribution in [0.15, 0.2) is 30.5 Å². The van der Waals surface area contributed by atoms with Crippen molar-refractivity contribution >= 4 is 10.9 Å². The van der Waals surface area contributed by atoms with Crippen LogP contribution in [0.1, 0.15) is 24.8 Å². The number of ether oxygens (including phenoxy) is 1. The average Bonchev–Trinajstić information content (AvgIpc) is 3.03. The lowest BCUT2D eigenvalue weighted by atomic mass is 10.0. The van der Waals surface area contributed by atoms with Gasteiger partial charge in [-0.05, 0) is 53.8 Å². The molecule has 0 atom stereocenters. The Morgan fingerprint density at radius 1 is 1.32 bits per heavy atom. The van der Waals surface area contributed by atoms with Gasteiger partial charge in [-0.25, -0.2) is 0 Å². The monoisotopic (exact) mass is 258 g/mol. The summed E-state index contributed by atoms with van der Waals surface area (Å²) in [5.41, 5.74) is 3.09. The van der Waals surface area contributed by atoms with Gasteiger partial charge in [-0.2, -0.15) is 0 Å². The highest BCUT2D eigenvalue weighted by Gasteiger charge is 2.41. The molecule has 3 nitrogen and oxygen atoms in total. The molecule has 0 radical (unpaired) electrons. The number of hydrogen-bond donors (Lipinski definition) is 2. The summed E-state index contributed by atoms with van der Waals surface area (Å²) in [7, 11) is 1.79. The first-order chi connectivity index (χ1) is 9.31. The van der Waals surface area contributed by atoms with Gasteiger partial charge in [0.25, 0.3) is 0 Å². The van der Waals surface area contributed by atoms with Crippen LogP contribution in [0.25, 0.3) is 10.9 Å². The predicted octanol–water partition coefficient (Wildman–Crippen LogP) is 3.07. The Bertz CT molecular complexity index is 542. The number of nitrogens with one attached hydrogen (secondary N) is 2. The van der Waals surface area contributed by atoms with Crippen LogP contribution in [-0.4, -0.2) is 25.2 Å². The van der Waals surface area contributed by atoms with E-state index in [1.807, 2.05) is 6.20 Å². The quantitative estimate of drug-likeness (QED) is 0.801. The molecule has 1 aromatic heterocycles. The smallest absolute Gasteiger partial charge is 0.0468 e.